The Morgan fingerprint density at radius 2 is 1.58 bits per heavy atom. The van der Waals surface area contributed by atoms with Crippen molar-refractivity contribution in [2.24, 2.45) is 11.5 Å². The molecule has 0 bridgehead atoms. The minimum atomic E-state index is -4.26. The molecular weight excluding hydrogens is 490 g/mol. The molecule has 36 heavy (non-hydrogen) atoms. The highest BCUT2D eigenvalue weighted by Gasteiger charge is 2.43. The number of hydrogen-bond acceptors (Lipinski definition) is 10. The molecule has 0 aromatic heterocycles. The summed E-state index contributed by atoms with van der Waals surface area (Å²) >= 11 is 0. The number of nitrogens with one attached hydrogen (secondary N) is 1. The van der Waals surface area contributed by atoms with Crippen LogP contribution in [0, 0.1) is 11.3 Å². The number of allylic oxidation sites excluding steroid dienone is 1. The Morgan fingerprint density at radius 3 is 2.08 bits per heavy atom. The topological polar surface area (TPSA) is 195 Å². The highest BCUT2D eigenvalue weighted by Crippen LogP contribution is 2.43. The van der Waals surface area contributed by atoms with Crippen LogP contribution in [0.2, 0.25) is 0 Å². The van der Waals surface area contributed by atoms with Gasteiger partial charge in [-0.3, -0.25) is 4.90 Å². The molecular formula is C23H21N5O7S. The highest BCUT2D eigenvalue weighted by molar-refractivity contribution is 7.90. The monoisotopic (exact) mass is 511 g/mol. The molecule has 1 aliphatic heterocycles. The maximum atomic E-state index is 13.0. The van der Waals surface area contributed by atoms with Crippen molar-refractivity contribution in [2.45, 2.75) is 10.8 Å². The van der Waals surface area contributed by atoms with E-state index in [0.717, 1.165) is 31.3 Å². The van der Waals surface area contributed by atoms with Crippen LogP contribution in [0.5, 0.6) is 0 Å². The second-order valence-electron chi connectivity index (χ2n) is 7.30. The zero-order valence-corrected chi connectivity index (χ0v) is 19.9. The first-order valence-corrected chi connectivity index (χ1v) is 11.6. The Balaban J connectivity index is 2.30. The van der Waals surface area contributed by atoms with Crippen LogP contribution in [0.3, 0.4) is 0 Å². The number of ether oxygens (including phenoxy) is 2. The number of benzene rings is 2. The number of hydrogen-bond donors (Lipinski definition) is 3. The molecule has 1 unspecified atom stereocenters. The quantitative estimate of drug-likeness (QED) is 0.470. The van der Waals surface area contributed by atoms with Crippen molar-refractivity contribution < 1.29 is 32.3 Å². The number of amides is 2. The fourth-order valence-corrected chi connectivity index (χ4v) is 4.62. The second kappa shape index (κ2) is 10.2. The molecule has 0 saturated heterocycles. The van der Waals surface area contributed by atoms with Crippen LogP contribution in [-0.4, -0.2) is 40.6 Å². The SMILES string of the molecule is COC(=O)C1=C(C(=O)OC)N(c2ccc(S(=O)(=O)NC(N)=O)cc2)C(N)=C(C#N)C1c1ccccc1. The predicted octanol–water partition coefficient (Wildman–Crippen LogP) is 0.941. The van der Waals surface area contributed by atoms with Gasteiger partial charge in [0.25, 0.3) is 10.0 Å². The van der Waals surface area contributed by atoms with Gasteiger partial charge in [0.1, 0.15) is 11.5 Å². The van der Waals surface area contributed by atoms with Crippen molar-refractivity contribution >= 4 is 33.7 Å². The first-order chi connectivity index (χ1) is 17.1. The molecule has 0 saturated carbocycles. The zero-order valence-electron chi connectivity index (χ0n) is 19.1. The molecule has 0 fully saturated rings. The maximum absolute atomic E-state index is 13.0. The Morgan fingerprint density at radius 1 is 1.00 bits per heavy atom. The summed E-state index contributed by atoms with van der Waals surface area (Å²) < 4.78 is 36.0. The van der Waals surface area contributed by atoms with Crippen LogP contribution in [0.25, 0.3) is 0 Å². The van der Waals surface area contributed by atoms with Crippen LogP contribution in [0.4, 0.5) is 10.5 Å². The molecule has 2 aromatic carbocycles. The Labute approximate surface area is 206 Å². The summed E-state index contributed by atoms with van der Waals surface area (Å²) in [5, 5.41) is 10.0. The molecule has 186 valence electrons. The number of methoxy groups -OCH3 is 2. The van der Waals surface area contributed by atoms with Gasteiger partial charge >= 0.3 is 18.0 Å². The fourth-order valence-electron chi connectivity index (χ4n) is 3.75. The number of nitrogens with two attached hydrogens (primary N) is 2. The number of carbonyl (C=O) groups is 3. The summed E-state index contributed by atoms with van der Waals surface area (Å²) in [6.07, 6.45) is 0. The largest absolute Gasteiger partial charge is 0.466 e. The number of anilines is 1. The Hall–Kier alpha value is -4.83. The number of rotatable bonds is 6. The molecule has 2 amide bonds. The average molecular weight is 512 g/mol. The van der Waals surface area contributed by atoms with Crippen molar-refractivity contribution in [3.05, 3.63) is 82.8 Å². The summed E-state index contributed by atoms with van der Waals surface area (Å²) in [6.45, 7) is 0. The predicted molar refractivity (Wildman–Crippen MR) is 126 cm³/mol. The van der Waals surface area contributed by atoms with Crippen molar-refractivity contribution in [3.63, 3.8) is 0 Å². The Kier molecular flexibility index (Phi) is 7.31. The van der Waals surface area contributed by atoms with E-state index in [1.165, 1.54) is 12.1 Å². The normalized spacial score (nSPS) is 15.7. The number of nitriles is 1. The van der Waals surface area contributed by atoms with Gasteiger partial charge in [-0.05, 0) is 29.8 Å². The number of urea groups is 1. The molecule has 0 radical (unpaired) electrons. The van der Waals surface area contributed by atoms with Crippen molar-refractivity contribution in [2.75, 3.05) is 19.1 Å². The first-order valence-electron chi connectivity index (χ1n) is 10.1. The number of nitrogens with zero attached hydrogens (tertiary/aromatic N) is 2. The lowest BCUT2D eigenvalue weighted by atomic mass is 9.81. The molecule has 0 spiro atoms. The molecule has 2 aromatic rings. The number of esters is 2. The van der Waals surface area contributed by atoms with Gasteiger partial charge in [-0.2, -0.15) is 5.26 Å². The molecule has 1 atom stereocenters. The van der Waals surface area contributed by atoms with E-state index < -0.39 is 33.9 Å². The molecule has 0 aliphatic carbocycles. The third-order valence-corrected chi connectivity index (χ3v) is 6.61. The lowest BCUT2D eigenvalue weighted by Crippen LogP contribution is -2.40. The molecule has 5 N–H and O–H groups in total. The van der Waals surface area contributed by atoms with Gasteiger partial charge in [-0.15, -0.1) is 0 Å². The number of carbonyl (C=O) groups excluding carboxylic acids is 3. The summed E-state index contributed by atoms with van der Waals surface area (Å²) in [4.78, 5) is 37.8. The van der Waals surface area contributed by atoms with Crippen LogP contribution in [-0.2, 0) is 29.1 Å². The highest BCUT2D eigenvalue weighted by atomic mass is 32.2. The summed E-state index contributed by atoms with van der Waals surface area (Å²) in [5.41, 5.74) is 11.3. The van der Waals surface area contributed by atoms with Gasteiger partial charge in [0.15, 0.2) is 0 Å². The van der Waals surface area contributed by atoms with Crippen molar-refractivity contribution in [3.8, 4) is 6.07 Å². The minimum absolute atomic E-state index is 0.0543. The van der Waals surface area contributed by atoms with Crippen LogP contribution >= 0.6 is 0 Å². The maximum Gasteiger partial charge on any atom is 0.355 e. The van der Waals surface area contributed by atoms with Crippen molar-refractivity contribution in [1.29, 1.82) is 5.26 Å². The molecule has 3 rings (SSSR count). The van der Waals surface area contributed by atoms with E-state index in [2.05, 4.69) is 0 Å². The Bertz CT molecular complexity index is 1430. The molecule has 12 nitrogen and oxygen atoms in total. The van der Waals surface area contributed by atoms with E-state index in [9.17, 15) is 28.1 Å². The van der Waals surface area contributed by atoms with Crippen molar-refractivity contribution in [1.82, 2.24) is 4.72 Å². The average Bonchev–Trinajstić information content (AvgIpc) is 2.86. The van der Waals surface area contributed by atoms with E-state index in [0.29, 0.717) is 5.56 Å². The lowest BCUT2D eigenvalue weighted by molar-refractivity contribution is -0.139. The third kappa shape index (κ3) is 4.70. The fraction of sp³-hybridized carbons (Fsp3) is 0.130. The van der Waals surface area contributed by atoms with Gasteiger partial charge in [0, 0.05) is 5.69 Å². The molecule has 1 aliphatic rings. The third-order valence-electron chi connectivity index (χ3n) is 5.25. The van der Waals surface area contributed by atoms with E-state index >= 15 is 0 Å². The number of sulfonamides is 1. The van der Waals surface area contributed by atoms with Crippen LogP contribution < -0.4 is 21.1 Å². The van der Waals surface area contributed by atoms with Crippen LogP contribution in [0.15, 0.2) is 82.2 Å². The summed E-state index contributed by atoms with van der Waals surface area (Å²) in [5.74, 6) is -3.10. The van der Waals surface area contributed by atoms with Crippen LogP contribution in [0.1, 0.15) is 11.5 Å². The van der Waals surface area contributed by atoms with Gasteiger partial charge in [-0.25, -0.2) is 27.5 Å². The summed E-state index contributed by atoms with van der Waals surface area (Å²) in [7, 11) is -2.04. The summed E-state index contributed by atoms with van der Waals surface area (Å²) in [6, 6.07) is 13.9. The first kappa shape index (κ1) is 25.8. The minimum Gasteiger partial charge on any atom is -0.466 e. The molecule has 1 heterocycles. The van der Waals surface area contributed by atoms with Gasteiger partial charge in [0.05, 0.1) is 42.2 Å². The smallest absolute Gasteiger partial charge is 0.355 e. The van der Waals surface area contributed by atoms with E-state index in [1.54, 1.807) is 35.1 Å². The van der Waals surface area contributed by atoms with E-state index in [1.807, 2.05) is 6.07 Å². The van der Waals surface area contributed by atoms with Gasteiger partial charge in [-0.1, -0.05) is 30.3 Å². The van der Waals surface area contributed by atoms with Gasteiger partial charge < -0.3 is 20.9 Å². The standard InChI is InChI=1S/C23H21N5O7S/c1-34-21(29)18-17(13-6-4-3-5-7-13)16(12-24)20(25)28(19(18)22(30)35-2)14-8-10-15(11-9-14)36(32,33)27-23(26)31/h3-11,17H,25H2,1-2H3,(H3,26,27,31). The number of primary amides is 1. The van der Waals surface area contributed by atoms with Gasteiger partial charge in [0.2, 0.25) is 0 Å². The van der Waals surface area contributed by atoms with E-state index in [-0.39, 0.29) is 33.2 Å². The second-order valence-corrected chi connectivity index (χ2v) is 8.98. The molecule has 13 heteroatoms. The lowest BCUT2D eigenvalue weighted by Gasteiger charge is -2.35. The van der Waals surface area contributed by atoms with E-state index in [4.69, 9.17) is 20.9 Å². The zero-order chi connectivity index (χ0) is 26.6.